The van der Waals surface area contributed by atoms with E-state index in [-0.39, 0.29) is 11.9 Å². The molecule has 0 fully saturated rings. The van der Waals surface area contributed by atoms with Crippen molar-refractivity contribution in [3.05, 3.63) is 42.1 Å². The number of methoxy groups -OCH3 is 1. The monoisotopic (exact) mass is 270 g/mol. The number of aromatic nitrogens is 1. The standard InChI is InChI=1S/C16H18N2O2/c1-11(2)15(16(19)20-3)18-10-12-6-7-14-13(9-12)5-4-8-17-14/h4-11,15H,1-3H3. The van der Waals surface area contributed by atoms with Crippen LogP contribution in [0.25, 0.3) is 10.9 Å². The van der Waals surface area contributed by atoms with Crippen molar-refractivity contribution in [2.24, 2.45) is 10.9 Å². The van der Waals surface area contributed by atoms with Gasteiger partial charge in [0, 0.05) is 17.8 Å². The Morgan fingerprint density at radius 1 is 1.35 bits per heavy atom. The molecule has 0 aliphatic heterocycles. The Kier molecular flexibility index (Phi) is 4.45. The summed E-state index contributed by atoms with van der Waals surface area (Å²) in [5, 5.41) is 1.05. The fourth-order valence-corrected chi connectivity index (χ4v) is 1.97. The summed E-state index contributed by atoms with van der Waals surface area (Å²) in [4.78, 5) is 20.3. The largest absolute Gasteiger partial charge is 0.467 e. The lowest BCUT2D eigenvalue weighted by atomic mass is 10.1. The van der Waals surface area contributed by atoms with Crippen LogP contribution in [0.2, 0.25) is 0 Å². The molecule has 4 nitrogen and oxygen atoms in total. The van der Waals surface area contributed by atoms with Crippen LogP contribution in [0.1, 0.15) is 19.4 Å². The number of aliphatic imine (C=N–C) groups is 1. The van der Waals surface area contributed by atoms with Crippen molar-refractivity contribution in [1.82, 2.24) is 4.98 Å². The van der Waals surface area contributed by atoms with Gasteiger partial charge in [0.05, 0.1) is 12.6 Å². The highest BCUT2D eigenvalue weighted by molar-refractivity contribution is 5.89. The summed E-state index contributed by atoms with van der Waals surface area (Å²) in [5.74, 6) is -0.209. The van der Waals surface area contributed by atoms with Crippen molar-refractivity contribution in [3.63, 3.8) is 0 Å². The summed E-state index contributed by atoms with van der Waals surface area (Å²) in [6.45, 7) is 3.90. The quantitative estimate of drug-likeness (QED) is 0.634. The molecule has 0 bridgehead atoms. The number of ether oxygens (including phenoxy) is 1. The van der Waals surface area contributed by atoms with Gasteiger partial charge >= 0.3 is 5.97 Å². The van der Waals surface area contributed by atoms with Gasteiger partial charge in [0.1, 0.15) is 6.04 Å². The maximum Gasteiger partial charge on any atom is 0.330 e. The van der Waals surface area contributed by atoms with Crippen molar-refractivity contribution < 1.29 is 9.53 Å². The molecule has 0 saturated carbocycles. The number of hydrogen-bond acceptors (Lipinski definition) is 4. The summed E-state index contributed by atoms with van der Waals surface area (Å²) in [7, 11) is 1.38. The molecule has 0 N–H and O–H groups in total. The Labute approximate surface area is 118 Å². The van der Waals surface area contributed by atoms with Crippen LogP contribution in [0, 0.1) is 5.92 Å². The summed E-state index contributed by atoms with van der Waals surface area (Å²) in [6.07, 6.45) is 3.48. The highest BCUT2D eigenvalue weighted by Gasteiger charge is 2.20. The number of benzene rings is 1. The smallest absolute Gasteiger partial charge is 0.330 e. The number of nitrogens with zero attached hydrogens (tertiary/aromatic N) is 2. The first-order valence-electron chi connectivity index (χ1n) is 6.57. The van der Waals surface area contributed by atoms with E-state index in [1.807, 2.05) is 44.2 Å². The number of esters is 1. The number of rotatable bonds is 4. The predicted molar refractivity (Wildman–Crippen MR) is 80.0 cm³/mol. The third-order valence-electron chi connectivity index (χ3n) is 3.09. The molecule has 2 aromatic rings. The Balaban J connectivity index is 2.25. The highest BCUT2D eigenvalue weighted by Crippen LogP contribution is 2.13. The molecule has 104 valence electrons. The van der Waals surface area contributed by atoms with Crippen molar-refractivity contribution in [2.45, 2.75) is 19.9 Å². The van der Waals surface area contributed by atoms with E-state index in [2.05, 4.69) is 9.98 Å². The number of fused-ring (bicyclic) bond motifs is 1. The number of carbonyl (C=O) groups excluding carboxylic acids is 1. The third-order valence-corrected chi connectivity index (χ3v) is 3.09. The Hall–Kier alpha value is -2.23. The summed E-state index contributed by atoms with van der Waals surface area (Å²) in [5.41, 5.74) is 1.89. The molecule has 0 aliphatic rings. The van der Waals surface area contributed by atoms with E-state index in [9.17, 15) is 4.79 Å². The van der Waals surface area contributed by atoms with Crippen LogP contribution in [0.5, 0.6) is 0 Å². The van der Waals surface area contributed by atoms with Gasteiger partial charge in [-0.1, -0.05) is 26.0 Å². The Morgan fingerprint density at radius 2 is 2.15 bits per heavy atom. The van der Waals surface area contributed by atoms with E-state index in [4.69, 9.17) is 4.74 Å². The average molecular weight is 270 g/mol. The van der Waals surface area contributed by atoms with Gasteiger partial charge in [-0.25, -0.2) is 4.79 Å². The highest BCUT2D eigenvalue weighted by atomic mass is 16.5. The molecule has 1 aromatic heterocycles. The first-order valence-corrected chi connectivity index (χ1v) is 6.57. The molecular weight excluding hydrogens is 252 g/mol. The minimum Gasteiger partial charge on any atom is -0.467 e. The molecule has 0 spiro atoms. The van der Waals surface area contributed by atoms with Crippen LogP contribution in [0.3, 0.4) is 0 Å². The number of carbonyl (C=O) groups is 1. The molecule has 2 rings (SSSR count). The fourth-order valence-electron chi connectivity index (χ4n) is 1.97. The van der Waals surface area contributed by atoms with Crippen molar-refractivity contribution in [1.29, 1.82) is 0 Å². The molecule has 0 saturated heterocycles. The molecule has 0 amide bonds. The Morgan fingerprint density at radius 3 is 2.85 bits per heavy atom. The van der Waals surface area contributed by atoms with Crippen LogP contribution in [0.4, 0.5) is 0 Å². The fraction of sp³-hybridized carbons (Fsp3) is 0.312. The molecule has 1 heterocycles. The van der Waals surface area contributed by atoms with Crippen molar-refractivity contribution in [3.8, 4) is 0 Å². The SMILES string of the molecule is COC(=O)C(N=Cc1ccc2ncccc2c1)C(C)C. The van der Waals surface area contributed by atoms with Gasteiger partial charge in [-0.2, -0.15) is 0 Å². The number of hydrogen-bond donors (Lipinski definition) is 0. The van der Waals surface area contributed by atoms with E-state index in [0.29, 0.717) is 0 Å². The molecule has 1 atom stereocenters. The molecular formula is C16H18N2O2. The normalized spacial score (nSPS) is 13.0. The lowest BCUT2D eigenvalue weighted by molar-refractivity contribution is -0.143. The topological polar surface area (TPSA) is 51.5 Å². The Bertz CT molecular complexity index is 635. The van der Waals surface area contributed by atoms with Gasteiger partial charge in [-0.3, -0.25) is 9.98 Å². The van der Waals surface area contributed by atoms with Gasteiger partial charge in [-0.15, -0.1) is 0 Å². The maximum atomic E-state index is 11.6. The second-order valence-electron chi connectivity index (χ2n) is 4.95. The van der Waals surface area contributed by atoms with Crippen molar-refractivity contribution in [2.75, 3.05) is 7.11 Å². The zero-order valence-electron chi connectivity index (χ0n) is 11.9. The van der Waals surface area contributed by atoms with Crippen molar-refractivity contribution >= 4 is 23.1 Å². The summed E-state index contributed by atoms with van der Waals surface area (Å²) < 4.78 is 4.77. The van der Waals surface area contributed by atoms with Crippen LogP contribution < -0.4 is 0 Å². The third kappa shape index (κ3) is 3.20. The van der Waals surface area contributed by atoms with Gasteiger partial charge in [-0.05, 0) is 29.7 Å². The lowest BCUT2D eigenvalue weighted by Gasteiger charge is -2.13. The molecule has 1 aromatic carbocycles. The van der Waals surface area contributed by atoms with E-state index in [0.717, 1.165) is 16.5 Å². The minimum atomic E-state index is -0.468. The summed E-state index contributed by atoms with van der Waals surface area (Å²) in [6, 6.07) is 9.31. The van der Waals surface area contributed by atoms with Crippen LogP contribution in [-0.2, 0) is 9.53 Å². The van der Waals surface area contributed by atoms with E-state index < -0.39 is 6.04 Å². The predicted octanol–water partition coefficient (Wildman–Crippen LogP) is 2.85. The van der Waals surface area contributed by atoms with Crippen LogP contribution >= 0.6 is 0 Å². The van der Waals surface area contributed by atoms with Gasteiger partial charge in [0.2, 0.25) is 0 Å². The van der Waals surface area contributed by atoms with E-state index in [1.165, 1.54) is 7.11 Å². The zero-order valence-corrected chi connectivity index (χ0v) is 11.9. The maximum absolute atomic E-state index is 11.6. The van der Waals surface area contributed by atoms with Gasteiger partial charge < -0.3 is 4.74 Å². The summed E-state index contributed by atoms with van der Waals surface area (Å²) >= 11 is 0. The minimum absolute atomic E-state index is 0.0980. The second kappa shape index (κ2) is 6.28. The zero-order chi connectivity index (χ0) is 14.5. The van der Waals surface area contributed by atoms with Crippen LogP contribution in [-0.4, -0.2) is 30.3 Å². The lowest BCUT2D eigenvalue weighted by Crippen LogP contribution is -2.25. The van der Waals surface area contributed by atoms with Gasteiger partial charge in [0.25, 0.3) is 0 Å². The van der Waals surface area contributed by atoms with E-state index >= 15 is 0 Å². The first-order chi connectivity index (χ1) is 9.61. The van der Waals surface area contributed by atoms with E-state index in [1.54, 1.807) is 12.4 Å². The second-order valence-corrected chi connectivity index (χ2v) is 4.95. The molecule has 1 unspecified atom stereocenters. The molecule has 4 heteroatoms. The first kappa shape index (κ1) is 14.2. The molecule has 0 radical (unpaired) electrons. The number of pyridine rings is 1. The molecule has 20 heavy (non-hydrogen) atoms. The van der Waals surface area contributed by atoms with Crippen LogP contribution in [0.15, 0.2) is 41.5 Å². The average Bonchev–Trinajstić information content (AvgIpc) is 2.46. The van der Waals surface area contributed by atoms with Gasteiger partial charge in [0.15, 0.2) is 0 Å². The molecule has 0 aliphatic carbocycles.